The van der Waals surface area contributed by atoms with Crippen molar-refractivity contribution in [1.29, 1.82) is 0 Å². The summed E-state index contributed by atoms with van der Waals surface area (Å²) in [6.45, 7) is 0.502. The maximum atomic E-state index is 12.4. The van der Waals surface area contributed by atoms with Gasteiger partial charge in [0.1, 0.15) is 18.1 Å². The van der Waals surface area contributed by atoms with Crippen LogP contribution >= 0.6 is 11.8 Å². The van der Waals surface area contributed by atoms with Gasteiger partial charge in [0.2, 0.25) is 23.6 Å². The molecule has 0 saturated heterocycles. The highest BCUT2D eigenvalue weighted by atomic mass is 32.2. The first-order valence-electron chi connectivity index (χ1n) is 8.31. The van der Waals surface area contributed by atoms with Crippen molar-refractivity contribution >= 4 is 41.4 Å². The molecule has 4 amide bonds. The molecule has 0 spiro atoms. The molecular formula is C15H27N5O7S. The number of hydrogen-bond acceptors (Lipinski definition) is 8. The van der Waals surface area contributed by atoms with Crippen LogP contribution in [0.3, 0.4) is 0 Å². The second-order valence-corrected chi connectivity index (χ2v) is 6.92. The minimum atomic E-state index is -1.51. The molecule has 13 heteroatoms. The highest BCUT2D eigenvalue weighted by Gasteiger charge is 2.28. The number of aliphatic hydroxyl groups is 1. The van der Waals surface area contributed by atoms with Crippen molar-refractivity contribution in [1.82, 2.24) is 16.0 Å². The lowest BCUT2D eigenvalue weighted by atomic mass is 10.1. The molecule has 0 aliphatic rings. The second kappa shape index (κ2) is 12.9. The average molecular weight is 421 g/mol. The first-order valence-corrected chi connectivity index (χ1v) is 9.70. The summed E-state index contributed by atoms with van der Waals surface area (Å²) in [6.07, 6.45) is 1.64. The van der Waals surface area contributed by atoms with Gasteiger partial charge in [0.25, 0.3) is 0 Å². The van der Waals surface area contributed by atoms with Crippen molar-refractivity contribution in [3.63, 3.8) is 0 Å². The van der Waals surface area contributed by atoms with Crippen LogP contribution in [0.1, 0.15) is 19.8 Å². The van der Waals surface area contributed by atoms with E-state index in [0.717, 1.165) is 0 Å². The molecule has 160 valence electrons. The number of nitrogens with one attached hydrogen (secondary N) is 3. The first-order chi connectivity index (χ1) is 13.0. The van der Waals surface area contributed by atoms with E-state index in [0.29, 0.717) is 5.75 Å². The van der Waals surface area contributed by atoms with Crippen LogP contribution in [0.5, 0.6) is 0 Å². The zero-order chi connectivity index (χ0) is 21.9. The SMILES string of the molecule is CSCCC(NC(=O)C(N)CC(N)=O)C(=O)NC(C)C(=O)NC(CO)C(=O)O. The number of amides is 4. The van der Waals surface area contributed by atoms with Gasteiger partial charge in [-0.2, -0.15) is 11.8 Å². The minimum Gasteiger partial charge on any atom is -0.480 e. The maximum Gasteiger partial charge on any atom is 0.328 e. The van der Waals surface area contributed by atoms with Crippen molar-refractivity contribution in [2.45, 2.75) is 43.9 Å². The molecule has 0 aromatic carbocycles. The third-order valence-corrected chi connectivity index (χ3v) is 4.19. The predicted molar refractivity (Wildman–Crippen MR) is 101 cm³/mol. The van der Waals surface area contributed by atoms with Crippen LogP contribution in [0.4, 0.5) is 0 Å². The molecule has 0 bridgehead atoms. The van der Waals surface area contributed by atoms with Crippen molar-refractivity contribution < 1.29 is 34.2 Å². The number of carbonyl (C=O) groups is 5. The van der Waals surface area contributed by atoms with Gasteiger partial charge in [-0.25, -0.2) is 4.79 Å². The molecule has 4 unspecified atom stereocenters. The lowest BCUT2D eigenvalue weighted by Gasteiger charge is -2.23. The summed E-state index contributed by atoms with van der Waals surface area (Å²) in [5.74, 6) is -3.95. The quantitative estimate of drug-likeness (QED) is 0.157. The molecule has 9 N–H and O–H groups in total. The topological polar surface area (TPSA) is 214 Å². The Morgan fingerprint density at radius 2 is 1.57 bits per heavy atom. The van der Waals surface area contributed by atoms with Gasteiger partial charge in [-0.05, 0) is 25.4 Å². The van der Waals surface area contributed by atoms with Crippen LogP contribution in [-0.4, -0.2) is 82.6 Å². The molecule has 0 rings (SSSR count). The standard InChI is InChI=1S/C15H27N5O7S/c1-7(12(23)20-10(6-21)15(26)27)18-14(25)9(3-4-28-2)19-13(24)8(16)5-11(17)22/h7-10,21H,3-6,16H2,1-2H3,(H2,17,22)(H,18,25)(H,19,24)(H,20,23)(H,26,27). The Balaban J connectivity index is 4.95. The van der Waals surface area contributed by atoms with E-state index in [9.17, 15) is 24.0 Å². The lowest BCUT2D eigenvalue weighted by Crippen LogP contribution is -2.57. The number of carboxylic acid groups (broad SMARTS) is 1. The lowest BCUT2D eigenvalue weighted by molar-refractivity contribution is -0.143. The van der Waals surface area contributed by atoms with Crippen molar-refractivity contribution in [2.75, 3.05) is 18.6 Å². The highest BCUT2D eigenvalue weighted by molar-refractivity contribution is 7.98. The number of nitrogens with two attached hydrogens (primary N) is 2. The fraction of sp³-hybridized carbons (Fsp3) is 0.667. The van der Waals surface area contributed by atoms with E-state index < -0.39 is 60.4 Å². The fourth-order valence-electron chi connectivity index (χ4n) is 1.95. The molecule has 0 aliphatic heterocycles. The van der Waals surface area contributed by atoms with Gasteiger partial charge in [-0.1, -0.05) is 0 Å². The normalized spacial score (nSPS) is 14.9. The summed E-state index contributed by atoms with van der Waals surface area (Å²) in [4.78, 5) is 58.1. The number of rotatable bonds is 13. The molecule has 0 fully saturated rings. The summed E-state index contributed by atoms with van der Waals surface area (Å²) >= 11 is 1.42. The minimum absolute atomic E-state index is 0.227. The molecule has 0 aliphatic carbocycles. The Hall–Kier alpha value is -2.38. The molecular weight excluding hydrogens is 394 g/mol. The fourth-order valence-corrected chi connectivity index (χ4v) is 2.43. The largest absolute Gasteiger partial charge is 0.480 e. The van der Waals surface area contributed by atoms with E-state index in [4.69, 9.17) is 21.7 Å². The summed E-state index contributed by atoms with van der Waals surface area (Å²) < 4.78 is 0. The van der Waals surface area contributed by atoms with E-state index in [2.05, 4.69) is 16.0 Å². The van der Waals surface area contributed by atoms with Crippen LogP contribution in [0.2, 0.25) is 0 Å². The second-order valence-electron chi connectivity index (χ2n) is 5.93. The molecule has 0 saturated carbocycles. The molecule has 0 heterocycles. The van der Waals surface area contributed by atoms with Gasteiger partial charge in [-0.15, -0.1) is 0 Å². The van der Waals surface area contributed by atoms with Crippen molar-refractivity contribution in [3.05, 3.63) is 0 Å². The number of hydrogen-bond donors (Lipinski definition) is 7. The highest BCUT2D eigenvalue weighted by Crippen LogP contribution is 2.03. The van der Waals surface area contributed by atoms with E-state index in [-0.39, 0.29) is 12.8 Å². The number of carbonyl (C=O) groups excluding carboxylic acids is 4. The monoisotopic (exact) mass is 421 g/mol. The molecule has 28 heavy (non-hydrogen) atoms. The third-order valence-electron chi connectivity index (χ3n) is 3.55. The molecule has 0 aromatic rings. The Morgan fingerprint density at radius 3 is 2.04 bits per heavy atom. The van der Waals surface area contributed by atoms with E-state index in [1.54, 1.807) is 6.26 Å². The Labute approximate surface area is 166 Å². The Bertz CT molecular complexity index is 589. The Morgan fingerprint density at radius 1 is 1.00 bits per heavy atom. The van der Waals surface area contributed by atoms with E-state index >= 15 is 0 Å². The molecule has 0 radical (unpaired) electrons. The van der Waals surface area contributed by atoms with Crippen LogP contribution in [0, 0.1) is 0 Å². The molecule has 0 aromatic heterocycles. The number of carboxylic acids is 1. The summed E-state index contributed by atoms with van der Waals surface area (Å²) in [6, 6.07) is -4.88. The smallest absolute Gasteiger partial charge is 0.328 e. The van der Waals surface area contributed by atoms with Crippen LogP contribution in [0.25, 0.3) is 0 Å². The number of aliphatic hydroxyl groups excluding tert-OH is 1. The van der Waals surface area contributed by atoms with Crippen LogP contribution < -0.4 is 27.4 Å². The van der Waals surface area contributed by atoms with Gasteiger partial charge >= 0.3 is 5.97 Å². The van der Waals surface area contributed by atoms with Gasteiger partial charge in [0, 0.05) is 0 Å². The molecule has 4 atom stereocenters. The summed E-state index contributed by atoms with van der Waals surface area (Å²) in [5.41, 5.74) is 10.5. The number of primary amides is 1. The number of aliphatic carboxylic acids is 1. The van der Waals surface area contributed by atoms with Crippen LogP contribution in [-0.2, 0) is 24.0 Å². The first kappa shape index (κ1) is 25.6. The maximum absolute atomic E-state index is 12.4. The molecule has 12 nitrogen and oxygen atoms in total. The number of thioether (sulfide) groups is 1. The van der Waals surface area contributed by atoms with Gasteiger partial charge in [0.15, 0.2) is 0 Å². The van der Waals surface area contributed by atoms with Gasteiger partial charge in [0.05, 0.1) is 19.1 Å². The zero-order valence-corrected chi connectivity index (χ0v) is 16.5. The van der Waals surface area contributed by atoms with Gasteiger partial charge < -0.3 is 37.6 Å². The van der Waals surface area contributed by atoms with Gasteiger partial charge in [-0.3, -0.25) is 19.2 Å². The predicted octanol–water partition coefficient (Wildman–Crippen LogP) is -3.51. The summed E-state index contributed by atoms with van der Waals surface area (Å²) in [5, 5.41) is 24.6. The summed E-state index contributed by atoms with van der Waals surface area (Å²) in [7, 11) is 0. The zero-order valence-electron chi connectivity index (χ0n) is 15.6. The van der Waals surface area contributed by atoms with Crippen molar-refractivity contribution in [3.8, 4) is 0 Å². The average Bonchev–Trinajstić information content (AvgIpc) is 2.61. The third kappa shape index (κ3) is 9.53. The van der Waals surface area contributed by atoms with E-state index in [1.165, 1.54) is 18.7 Å². The Kier molecular flexibility index (Phi) is 11.8. The van der Waals surface area contributed by atoms with E-state index in [1.807, 2.05) is 0 Å². The van der Waals surface area contributed by atoms with Crippen molar-refractivity contribution in [2.24, 2.45) is 11.5 Å². The van der Waals surface area contributed by atoms with Crippen LogP contribution in [0.15, 0.2) is 0 Å².